The molecule has 2 rings (SSSR count). The largest absolute Gasteiger partial charge is 0.342 e. The number of carbonyl (C=O) groups is 1. The molecule has 1 amide bonds. The van der Waals surface area contributed by atoms with Crippen LogP contribution < -0.4 is 5.14 Å². The normalized spacial score (nSPS) is 19.6. The first kappa shape index (κ1) is 15.0. The van der Waals surface area contributed by atoms with Crippen LogP contribution in [-0.4, -0.2) is 48.3 Å². The van der Waals surface area contributed by atoms with Gasteiger partial charge in [-0.05, 0) is 26.2 Å². The highest BCUT2D eigenvalue weighted by molar-refractivity contribution is 7.89. The van der Waals surface area contributed by atoms with Gasteiger partial charge in [-0.3, -0.25) is 9.89 Å². The number of rotatable bonds is 4. The van der Waals surface area contributed by atoms with Crippen LogP contribution in [0.2, 0.25) is 0 Å². The molecule has 0 aliphatic carbocycles. The van der Waals surface area contributed by atoms with Crippen LogP contribution >= 0.6 is 0 Å². The maximum atomic E-state index is 12.2. The molecule has 1 fully saturated rings. The SMILES string of the molecule is Cc1n[nH]c(C)c1CC(=O)N1CC[C@H](CS(N)(=O)=O)C1. The number of amides is 1. The Morgan fingerprint density at radius 1 is 1.50 bits per heavy atom. The Kier molecular flexibility index (Phi) is 4.14. The molecule has 7 nitrogen and oxygen atoms in total. The van der Waals surface area contributed by atoms with Gasteiger partial charge in [0.15, 0.2) is 0 Å². The zero-order chi connectivity index (χ0) is 14.9. The second-order valence-corrected chi connectivity index (χ2v) is 7.07. The van der Waals surface area contributed by atoms with E-state index in [9.17, 15) is 13.2 Å². The first-order valence-corrected chi connectivity index (χ1v) is 8.26. The number of hydrogen-bond donors (Lipinski definition) is 2. The van der Waals surface area contributed by atoms with Crippen molar-refractivity contribution in [2.24, 2.45) is 11.1 Å². The van der Waals surface area contributed by atoms with E-state index in [1.807, 2.05) is 13.8 Å². The zero-order valence-corrected chi connectivity index (χ0v) is 12.5. The van der Waals surface area contributed by atoms with Gasteiger partial charge in [-0.15, -0.1) is 0 Å². The van der Waals surface area contributed by atoms with Gasteiger partial charge in [0.1, 0.15) is 0 Å². The summed E-state index contributed by atoms with van der Waals surface area (Å²) in [6.45, 7) is 4.80. The number of carbonyl (C=O) groups excluding carboxylic acids is 1. The summed E-state index contributed by atoms with van der Waals surface area (Å²) in [6.07, 6.45) is 0.988. The molecule has 3 N–H and O–H groups in total. The quantitative estimate of drug-likeness (QED) is 0.796. The van der Waals surface area contributed by atoms with E-state index in [1.165, 1.54) is 0 Å². The van der Waals surface area contributed by atoms with E-state index in [1.54, 1.807) is 4.90 Å². The molecule has 1 aliphatic heterocycles. The summed E-state index contributed by atoms with van der Waals surface area (Å²) in [7, 11) is -3.47. The van der Waals surface area contributed by atoms with Gasteiger partial charge in [-0.1, -0.05) is 0 Å². The molecule has 1 aromatic rings. The monoisotopic (exact) mass is 300 g/mol. The van der Waals surface area contributed by atoms with Gasteiger partial charge in [0.05, 0.1) is 17.9 Å². The fraction of sp³-hybridized carbons (Fsp3) is 0.667. The fourth-order valence-electron chi connectivity index (χ4n) is 2.62. The summed E-state index contributed by atoms with van der Waals surface area (Å²) in [5.74, 6) is -0.101. The fourth-order valence-corrected chi connectivity index (χ4v) is 3.55. The maximum absolute atomic E-state index is 12.2. The second-order valence-electron chi connectivity index (χ2n) is 5.41. The Labute approximate surface area is 118 Å². The Morgan fingerprint density at radius 3 is 2.75 bits per heavy atom. The summed E-state index contributed by atoms with van der Waals surface area (Å²) < 4.78 is 22.1. The number of likely N-dealkylation sites (tertiary alicyclic amines) is 1. The summed E-state index contributed by atoms with van der Waals surface area (Å²) >= 11 is 0. The van der Waals surface area contributed by atoms with Crippen LogP contribution in [-0.2, 0) is 21.2 Å². The van der Waals surface area contributed by atoms with Crippen LogP contribution in [0, 0.1) is 19.8 Å². The van der Waals surface area contributed by atoms with Crippen LogP contribution in [0.1, 0.15) is 23.4 Å². The molecule has 20 heavy (non-hydrogen) atoms. The van der Waals surface area contributed by atoms with Crippen molar-refractivity contribution >= 4 is 15.9 Å². The molecule has 0 aromatic carbocycles. The van der Waals surface area contributed by atoms with Crippen molar-refractivity contribution in [3.05, 3.63) is 17.0 Å². The van der Waals surface area contributed by atoms with Crippen LogP contribution in [0.25, 0.3) is 0 Å². The minimum absolute atomic E-state index is 0.00881. The number of nitrogens with two attached hydrogens (primary N) is 1. The molecule has 8 heteroatoms. The molecule has 0 spiro atoms. The van der Waals surface area contributed by atoms with Crippen LogP contribution in [0.4, 0.5) is 0 Å². The third-order valence-electron chi connectivity index (χ3n) is 3.72. The number of nitrogens with zero attached hydrogens (tertiary/aromatic N) is 2. The Balaban J connectivity index is 1.95. The van der Waals surface area contributed by atoms with Gasteiger partial charge in [-0.25, -0.2) is 13.6 Å². The molecule has 0 radical (unpaired) electrons. The molecule has 112 valence electrons. The molecular formula is C12H20N4O3S. The number of aromatic amines is 1. The molecule has 1 aromatic heterocycles. The lowest BCUT2D eigenvalue weighted by molar-refractivity contribution is -0.129. The number of sulfonamides is 1. The first-order chi connectivity index (χ1) is 9.26. The van der Waals surface area contributed by atoms with E-state index in [0.717, 1.165) is 17.0 Å². The van der Waals surface area contributed by atoms with Crippen molar-refractivity contribution in [1.82, 2.24) is 15.1 Å². The molecule has 0 bridgehead atoms. The second kappa shape index (κ2) is 5.53. The maximum Gasteiger partial charge on any atom is 0.227 e. The molecule has 1 saturated heterocycles. The molecule has 0 unspecified atom stereocenters. The third-order valence-corrected chi connectivity index (χ3v) is 4.65. The van der Waals surface area contributed by atoms with Crippen LogP contribution in [0.3, 0.4) is 0 Å². The zero-order valence-electron chi connectivity index (χ0n) is 11.7. The van der Waals surface area contributed by atoms with E-state index in [4.69, 9.17) is 5.14 Å². The van der Waals surface area contributed by atoms with Crippen molar-refractivity contribution < 1.29 is 13.2 Å². The van der Waals surface area contributed by atoms with Gasteiger partial charge in [0, 0.05) is 24.3 Å². The number of H-pyrrole nitrogens is 1. The van der Waals surface area contributed by atoms with Gasteiger partial charge in [0.25, 0.3) is 0 Å². The average Bonchev–Trinajstić information content (AvgIpc) is 2.88. The van der Waals surface area contributed by atoms with E-state index >= 15 is 0 Å². The summed E-state index contributed by atoms with van der Waals surface area (Å²) in [6, 6.07) is 0. The Bertz CT molecular complexity index is 589. The predicted octanol–water partition coefficient (Wildman–Crippen LogP) is -0.294. The molecule has 0 saturated carbocycles. The van der Waals surface area contributed by atoms with Crippen LogP contribution in [0.15, 0.2) is 0 Å². The highest BCUT2D eigenvalue weighted by atomic mass is 32.2. The minimum atomic E-state index is -3.47. The Morgan fingerprint density at radius 2 is 2.20 bits per heavy atom. The average molecular weight is 300 g/mol. The lowest BCUT2D eigenvalue weighted by Crippen LogP contribution is -2.32. The summed E-state index contributed by atoms with van der Waals surface area (Å²) in [5.41, 5.74) is 2.65. The lowest BCUT2D eigenvalue weighted by atomic mass is 10.1. The standard InChI is InChI=1S/C12H20N4O3S/c1-8-11(9(2)15-14-8)5-12(17)16-4-3-10(6-16)7-20(13,18)19/h10H,3-7H2,1-2H3,(H,14,15)(H2,13,18,19)/t10-/m0/s1. The smallest absolute Gasteiger partial charge is 0.227 e. The number of aryl methyl sites for hydroxylation is 2. The van der Waals surface area contributed by atoms with Crippen molar-refractivity contribution in [3.63, 3.8) is 0 Å². The van der Waals surface area contributed by atoms with Gasteiger partial charge in [-0.2, -0.15) is 5.10 Å². The van der Waals surface area contributed by atoms with E-state index in [0.29, 0.717) is 25.9 Å². The van der Waals surface area contributed by atoms with Crippen LogP contribution in [0.5, 0.6) is 0 Å². The molecule has 1 aliphatic rings. The highest BCUT2D eigenvalue weighted by Crippen LogP contribution is 2.19. The molecule has 1 atom stereocenters. The van der Waals surface area contributed by atoms with Gasteiger partial charge < -0.3 is 4.90 Å². The van der Waals surface area contributed by atoms with Crippen molar-refractivity contribution in [2.75, 3.05) is 18.8 Å². The third kappa shape index (κ3) is 3.57. The predicted molar refractivity (Wildman–Crippen MR) is 74.4 cm³/mol. The number of primary sulfonamides is 1. The van der Waals surface area contributed by atoms with Crippen molar-refractivity contribution in [2.45, 2.75) is 26.7 Å². The first-order valence-electron chi connectivity index (χ1n) is 6.55. The molecular weight excluding hydrogens is 280 g/mol. The van der Waals surface area contributed by atoms with E-state index < -0.39 is 10.0 Å². The number of nitrogens with one attached hydrogen (secondary N) is 1. The summed E-state index contributed by atoms with van der Waals surface area (Å²) in [4.78, 5) is 13.9. The molecule has 2 heterocycles. The van der Waals surface area contributed by atoms with Gasteiger partial charge >= 0.3 is 0 Å². The van der Waals surface area contributed by atoms with E-state index in [-0.39, 0.29) is 17.6 Å². The van der Waals surface area contributed by atoms with Crippen molar-refractivity contribution in [1.29, 1.82) is 0 Å². The van der Waals surface area contributed by atoms with Gasteiger partial charge in [0.2, 0.25) is 15.9 Å². The number of aromatic nitrogens is 2. The number of hydrogen-bond acceptors (Lipinski definition) is 4. The topological polar surface area (TPSA) is 109 Å². The summed E-state index contributed by atoms with van der Waals surface area (Å²) in [5, 5.41) is 12.0. The highest BCUT2D eigenvalue weighted by Gasteiger charge is 2.29. The minimum Gasteiger partial charge on any atom is -0.342 e. The lowest BCUT2D eigenvalue weighted by Gasteiger charge is -2.16. The van der Waals surface area contributed by atoms with E-state index in [2.05, 4.69) is 10.2 Å². The van der Waals surface area contributed by atoms with Crippen molar-refractivity contribution in [3.8, 4) is 0 Å². The Hall–Kier alpha value is -1.41.